The molecule has 2 saturated heterocycles. The molecule has 2 unspecified atom stereocenters. The molecular weight excluding hydrogens is 604 g/mol. The molecule has 0 radical (unpaired) electrons. The Balaban J connectivity index is 1.28. The lowest BCUT2D eigenvalue weighted by Crippen LogP contribution is -2.50. The average molecular weight is 642 g/mol. The van der Waals surface area contributed by atoms with Crippen LogP contribution in [0, 0.1) is 11.6 Å². The van der Waals surface area contributed by atoms with Crippen LogP contribution in [0.1, 0.15) is 24.9 Å². The molecule has 4 aromatic rings. The number of amides is 1. The van der Waals surface area contributed by atoms with E-state index in [0.29, 0.717) is 59.0 Å². The predicted molar refractivity (Wildman–Crippen MR) is 179 cm³/mol. The lowest BCUT2D eigenvalue weighted by atomic mass is 9.98. The van der Waals surface area contributed by atoms with Crippen LogP contribution < -0.4 is 25.3 Å². The van der Waals surface area contributed by atoms with Gasteiger partial charge in [-0.1, -0.05) is 24.8 Å². The molecular formula is C35H37F2N7O3. The summed E-state index contributed by atoms with van der Waals surface area (Å²) in [6.07, 6.45) is 3.35. The number of nitrogens with one attached hydrogen (secondary N) is 2. The third-order valence-corrected chi connectivity index (χ3v) is 8.62. The minimum Gasteiger partial charge on any atom is -0.494 e. The minimum atomic E-state index is -0.623. The number of benzene rings is 3. The molecule has 6 rings (SSSR count). The number of anilines is 5. The third kappa shape index (κ3) is 6.88. The van der Waals surface area contributed by atoms with E-state index in [4.69, 9.17) is 9.57 Å². The first-order chi connectivity index (χ1) is 22.7. The van der Waals surface area contributed by atoms with E-state index in [0.717, 1.165) is 37.0 Å². The van der Waals surface area contributed by atoms with Gasteiger partial charge >= 0.3 is 0 Å². The Bertz CT molecular complexity index is 1790. The van der Waals surface area contributed by atoms with E-state index in [1.807, 2.05) is 30.3 Å². The van der Waals surface area contributed by atoms with Crippen LogP contribution in [-0.2, 0) is 9.63 Å². The van der Waals surface area contributed by atoms with Crippen molar-refractivity contribution in [2.75, 3.05) is 61.0 Å². The highest BCUT2D eigenvalue weighted by atomic mass is 19.1. The van der Waals surface area contributed by atoms with E-state index < -0.39 is 11.6 Å². The molecule has 0 bridgehead atoms. The molecule has 12 heteroatoms. The summed E-state index contributed by atoms with van der Waals surface area (Å²) in [6, 6.07) is 16.7. The number of carbonyl (C=O) groups is 1. The standard InChI is InChI=1S/C35H37F2N7O3/c1-5-35(45)41-28-17-29(32(46-4)18-31(28)43-13-12-42(3)22(2)20-43)40-33-19-34(39-21-38-33)44-30(11-14-47-44)24-8-6-7-23(15-24)26-10-9-25(36)16-27(26)37/h5-10,15-19,21-22,30H,1,11-14,20H2,2-4H3,(H,41,45)(H,38,39,40). The SMILES string of the molecule is C=CC(=O)Nc1cc(Nc2cc(N3OCCC3c3cccc(-c4ccc(F)cc4F)c3)ncn2)c(OC)cc1N1CCN(C)C(C)C1. The maximum atomic E-state index is 14.6. The molecule has 47 heavy (non-hydrogen) atoms. The zero-order valence-electron chi connectivity index (χ0n) is 26.5. The summed E-state index contributed by atoms with van der Waals surface area (Å²) >= 11 is 0. The zero-order valence-corrected chi connectivity index (χ0v) is 26.5. The monoisotopic (exact) mass is 641 g/mol. The van der Waals surface area contributed by atoms with Crippen molar-refractivity contribution in [3.05, 3.63) is 96.8 Å². The number of piperazine rings is 1. The van der Waals surface area contributed by atoms with E-state index in [2.05, 4.69) is 51.0 Å². The number of hydroxylamine groups is 1. The maximum Gasteiger partial charge on any atom is 0.247 e. The first-order valence-corrected chi connectivity index (χ1v) is 15.4. The van der Waals surface area contributed by atoms with Crippen LogP contribution >= 0.6 is 0 Å². The van der Waals surface area contributed by atoms with E-state index in [9.17, 15) is 13.6 Å². The first-order valence-electron chi connectivity index (χ1n) is 15.4. The lowest BCUT2D eigenvalue weighted by Gasteiger charge is -2.40. The molecule has 0 aliphatic carbocycles. The minimum absolute atomic E-state index is 0.207. The van der Waals surface area contributed by atoms with Crippen molar-refractivity contribution in [3.63, 3.8) is 0 Å². The van der Waals surface area contributed by atoms with Gasteiger partial charge < -0.3 is 25.2 Å². The number of hydrogen-bond acceptors (Lipinski definition) is 9. The largest absolute Gasteiger partial charge is 0.494 e. The Morgan fingerprint density at radius 2 is 1.94 bits per heavy atom. The molecule has 1 aromatic heterocycles. The van der Waals surface area contributed by atoms with E-state index in [1.165, 1.54) is 24.5 Å². The van der Waals surface area contributed by atoms with Gasteiger partial charge in [0, 0.05) is 55.9 Å². The highest BCUT2D eigenvalue weighted by Gasteiger charge is 2.30. The fourth-order valence-corrected chi connectivity index (χ4v) is 5.96. The number of ether oxygens (including phenoxy) is 1. The van der Waals surface area contributed by atoms with Crippen molar-refractivity contribution >= 4 is 34.6 Å². The number of rotatable bonds is 9. The van der Waals surface area contributed by atoms with Crippen LogP contribution in [0.4, 0.5) is 37.5 Å². The second kappa shape index (κ2) is 13.7. The van der Waals surface area contributed by atoms with Gasteiger partial charge in [0.2, 0.25) is 5.91 Å². The second-order valence-electron chi connectivity index (χ2n) is 11.6. The number of nitrogens with zero attached hydrogens (tertiary/aromatic N) is 5. The van der Waals surface area contributed by atoms with Gasteiger partial charge in [0.15, 0.2) is 5.82 Å². The zero-order chi connectivity index (χ0) is 33.1. The number of aromatic nitrogens is 2. The van der Waals surface area contributed by atoms with Gasteiger partial charge in [-0.25, -0.2) is 23.8 Å². The van der Waals surface area contributed by atoms with Crippen LogP contribution in [0.2, 0.25) is 0 Å². The summed E-state index contributed by atoms with van der Waals surface area (Å²) in [5.41, 5.74) is 3.91. The highest BCUT2D eigenvalue weighted by molar-refractivity contribution is 6.02. The van der Waals surface area contributed by atoms with Crippen molar-refractivity contribution in [2.45, 2.75) is 25.4 Å². The Hall–Kier alpha value is -5.07. The summed E-state index contributed by atoms with van der Waals surface area (Å²) < 4.78 is 33.9. The topological polar surface area (TPSA) is 95.1 Å². The molecule has 10 nitrogen and oxygen atoms in total. The number of likely N-dealkylation sites (N-methyl/N-ethyl adjacent to an activating group) is 1. The average Bonchev–Trinajstić information content (AvgIpc) is 3.57. The molecule has 0 spiro atoms. The molecule has 3 heterocycles. The summed E-state index contributed by atoms with van der Waals surface area (Å²) in [6.45, 7) is 8.71. The third-order valence-electron chi connectivity index (χ3n) is 8.62. The van der Waals surface area contributed by atoms with Gasteiger partial charge in [-0.3, -0.25) is 9.63 Å². The number of hydrogen-bond donors (Lipinski definition) is 2. The molecule has 2 atom stereocenters. The summed E-state index contributed by atoms with van der Waals surface area (Å²) in [4.78, 5) is 31.9. The van der Waals surface area contributed by atoms with E-state index in [1.54, 1.807) is 24.3 Å². The Kier molecular flexibility index (Phi) is 9.32. The molecule has 2 fully saturated rings. The van der Waals surface area contributed by atoms with Crippen molar-refractivity contribution in [3.8, 4) is 16.9 Å². The highest BCUT2D eigenvalue weighted by Crippen LogP contribution is 2.40. The van der Waals surface area contributed by atoms with E-state index in [-0.39, 0.29) is 11.9 Å². The molecule has 2 aliphatic heterocycles. The molecule has 2 N–H and O–H groups in total. The second-order valence-corrected chi connectivity index (χ2v) is 11.6. The number of methoxy groups -OCH3 is 1. The molecule has 0 saturated carbocycles. The Morgan fingerprint density at radius 1 is 1.09 bits per heavy atom. The molecule has 244 valence electrons. The Labute approximate surface area is 272 Å². The predicted octanol–water partition coefficient (Wildman–Crippen LogP) is 6.32. The van der Waals surface area contributed by atoms with Gasteiger partial charge in [0.05, 0.1) is 36.8 Å². The van der Waals surface area contributed by atoms with Crippen molar-refractivity contribution in [1.29, 1.82) is 0 Å². The fraction of sp³-hybridized carbons (Fsp3) is 0.286. The number of halogens is 2. The Morgan fingerprint density at radius 3 is 2.70 bits per heavy atom. The van der Waals surface area contributed by atoms with Crippen molar-refractivity contribution < 1.29 is 23.1 Å². The lowest BCUT2D eigenvalue weighted by molar-refractivity contribution is -0.111. The molecule has 2 aliphatic rings. The van der Waals surface area contributed by atoms with Crippen LogP contribution in [0.15, 0.2) is 79.6 Å². The quantitative estimate of drug-likeness (QED) is 0.204. The van der Waals surface area contributed by atoms with Crippen LogP contribution in [0.5, 0.6) is 5.75 Å². The van der Waals surface area contributed by atoms with Gasteiger partial charge in [-0.2, -0.15) is 0 Å². The smallest absolute Gasteiger partial charge is 0.247 e. The first kappa shape index (κ1) is 31.9. The van der Waals surface area contributed by atoms with Crippen LogP contribution in [0.25, 0.3) is 11.1 Å². The number of carbonyl (C=O) groups excluding carboxylic acids is 1. The van der Waals surface area contributed by atoms with Gasteiger partial charge in [0.1, 0.15) is 29.5 Å². The maximum absolute atomic E-state index is 14.6. The van der Waals surface area contributed by atoms with E-state index >= 15 is 0 Å². The summed E-state index contributed by atoms with van der Waals surface area (Å²) in [5, 5.41) is 8.00. The summed E-state index contributed by atoms with van der Waals surface area (Å²) in [5.74, 6) is 0.00176. The van der Waals surface area contributed by atoms with Crippen LogP contribution in [0.3, 0.4) is 0 Å². The van der Waals surface area contributed by atoms with Crippen LogP contribution in [-0.4, -0.2) is 67.2 Å². The normalized spacial score (nSPS) is 18.2. The summed E-state index contributed by atoms with van der Waals surface area (Å²) in [7, 11) is 3.70. The van der Waals surface area contributed by atoms with Gasteiger partial charge in [0.25, 0.3) is 0 Å². The molecule has 1 amide bonds. The fourth-order valence-electron chi connectivity index (χ4n) is 5.96. The van der Waals surface area contributed by atoms with Crippen molar-refractivity contribution in [1.82, 2.24) is 14.9 Å². The molecule has 3 aromatic carbocycles. The van der Waals surface area contributed by atoms with Gasteiger partial charge in [-0.15, -0.1) is 0 Å². The van der Waals surface area contributed by atoms with Gasteiger partial charge in [-0.05, 0) is 55.4 Å². The van der Waals surface area contributed by atoms with Crippen molar-refractivity contribution in [2.24, 2.45) is 0 Å².